The molecule has 1 aliphatic heterocycles. The summed E-state index contributed by atoms with van der Waals surface area (Å²) in [6, 6.07) is 7.48. The number of nitrogen functional groups attached to an aromatic ring is 1. The highest BCUT2D eigenvalue weighted by Gasteiger charge is 2.27. The van der Waals surface area contributed by atoms with Gasteiger partial charge in [0.25, 0.3) is 5.91 Å². The van der Waals surface area contributed by atoms with E-state index in [9.17, 15) is 4.79 Å². The van der Waals surface area contributed by atoms with E-state index in [0.29, 0.717) is 17.9 Å². The van der Waals surface area contributed by atoms with Crippen LogP contribution in [0.3, 0.4) is 0 Å². The zero-order valence-electron chi connectivity index (χ0n) is 11.1. The molecule has 0 aliphatic carbocycles. The number of fused-ring (bicyclic) bond motifs is 1. The van der Waals surface area contributed by atoms with E-state index < -0.39 is 0 Å². The van der Waals surface area contributed by atoms with E-state index in [-0.39, 0.29) is 5.91 Å². The van der Waals surface area contributed by atoms with Crippen LogP contribution in [0.15, 0.2) is 28.7 Å². The molecule has 1 aromatic carbocycles. The normalized spacial score (nSPS) is 13.7. The van der Waals surface area contributed by atoms with E-state index in [1.54, 1.807) is 11.0 Å². The van der Waals surface area contributed by atoms with Crippen molar-refractivity contribution in [2.24, 2.45) is 0 Å². The molecular weight excluding hydrogens is 240 g/mol. The van der Waals surface area contributed by atoms with Crippen molar-refractivity contribution in [1.82, 2.24) is 0 Å². The molecule has 4 heteroatoms. The zero-order chi connectivity index (χ0) is 13.6. The van der Waals surface area contributed by atoms with Gasteiger partial charge in [-0.05, 0) is 50.1 Å². The van der Waals surface area contributed by atoms with Crippen LogP contribution in [0.2, 0.25) is 0 Å². The fourth-order valence-electron chi connectivity index (χ4n) is 2.62. The van der Waals surface area contributed by atoms with Crippen LogP contribution >= 0.6 is 0 Å². The third-order valence-electron chi connectivity index (χ3n) is 3.52. The van der Waals surface area contributed by atoms with Crippen molar-refractivity contribution in [1.29, 1.82) is 0 Å². The maximum atomic E-state index is 12.6. The fraction of sp³-hybridized carbons (Fsp3) is 0.267. The lowest BCUT2D eigenvalue weighted by molar-refractivity contribution is 0.0988. The molecule has 2 N–H and O–H groups in total. The van der Waals surface area contributed by atoms with Crippen molar-refractivity contribution in [3.8, 4) is 0 Å². The zero-order valence-corrected chi connectivity index (χ0v) is 11.1. The van der Waals surface area contributed by atoms with E-state index in [2.05, 4.69) is 0 Å². The molecule has 0 unspecified atom stereocenters. The van der Waals surface area contributed by atoms with Gasteiger partial charge < -0.3 is 15.1 Å². The third kappa shape index (κ3) is 1.89. The van der Waals surface area contributed by atoms with Gasteiger partial charge in [0.15, 0.2) is 0 Å². The second-order valence-corrected chi connectivity index (χ2v) is 4.92. The van der Waals surface area contributed by atoms with Gasteiger partial charge in [0.2, 0.25) is 0 Å². The summed E-state index contributed by atoms with van der Waals surface area (Å²) in [5, 5.41) is 0. The first-order valence-electron chi connectivity index (χ1n) is 6.33. The largest absolute Gasteiger partial charge is 0.466 e. The van der Waals surface area contributed by atoms with Crippen molar-refractivity contribution in [3.63, 3.8) is 0 Å². The first kappa shape index (κ1) is 11.8. The summed E-state index contributed by atoms with van der Waals surface area (Å²) >= 11 is 0. The lowest BCUT2D eigenvalue weighted by atomic mass is 10.1. The van der Waals surface area contributed by atoms with Crippen molar-refractivity contribution in [3.05, 3.63) is 46.9 Å². The van der Waals surface area contributed by atoms with Crippen molar-refractivity contribution in [2.45, 2.75) is 20.3 Å². The summed E-state index contributed by atoms with van der Waals surface area (Å²) in [4.78, 5) is 14.4. The van der Waals surface area contributed by atoms with E-state index >= 15 is 0 Å². The molecule has 2 heterocycles. The Bertz CT molecular complexity index is 658. The number of nitrogens with zero attached hydrogens (tertiary/aromatic N) is 1. The number of carbonyl (C=O) groups excluding carboxylic acids is 1. The third-order valence-corrected chi connectivity index (χ3v) is 3.52. The van der Waals surface area contributed by atoms with E-state index in [1.807, 2.05) is 32.0 Å². The maximum Gasteiger partial charge on any atom is 0.261 e. The summed E-state index contributed by atoms with van der Waals surface area (Å²) in [5.41, 5.74) is 9.24. The monoisotopic (exact) mass is 256 g/mol. The molecule has 0 saturated heterocycles. The second kappa shape index (κ2) is 4.16. The molecule has 3 rings (SSSR count). The molecule has 1 aromatic heterocycles. The number of hydrogen-bond donors (Lipinski definition) is 1. The molecule has 0 fully saturated rings. The number of rotatable bonds is 1. The summed E-state index contributed by atoms with van der Waals surface area (Å²) in [5.74, 6) is 1.43. The molecule has 98 valence electrons. The highest BCUT2D eigenvalue weighted by molar-refractivity contribution is 6.08. The van der Waals surface area contributed by atoms with Gasteiger partial charge in [0, 0.05) is 17.9 Å². The fourth-order valence-corrected chi connectivity index (χ4v) is 2.62. The minimum absolute atomic E-state index is 0.00197. The highest BCUT2D eigenvalue weighted by Crippen LogP contribution is 2.31. The average molecular weight is 256 g/mol. The van der Waals surface area contributed by atoms with Crippen LogP contribution in [0.5, 0.6) is 0 Å². The molecule has 1 aliphatic rings. The first-order chi connectivity index (χ1) is 9.06. The highest BCUT2D eigenvalue weighted by atomic mass is 16.3. The molecule has 0 bridgehead atoms. The standard InChI is InChI=1S/C15H16N2O2/c1-9-7-13(10(2)19-9)15(18)17-6-5-11-8-12(16)3-4-14(11)17/h3-4,7-8H,5-6,16H2,1-2H3. The van der Waals surface area contributed by atoms with Crippen molar-refractivity contribution < 1.29 is 9.21 Å². The smallest absolute Gasteiger partial charge is 0.261 e. The Kier molecular flexibility index (Phi) is 2.59. The van der Waals surface area contributed by atoms with Crippen LogP contribution in [0, 0.1) is 13.8 Å². The van der Waals surface area contributed by atoms with Crippen LogP contribution in [-0.4, -0.2) is 12.5 Å². The molecule has 0 saturated carbocycles. The van der Waals surface area contributed by atoms with Gasteiger partial charge in [-0.3, -0.25) is 4.79 Å². The minimum atomic E-state index is -0.00197. The summed E-state index contributed by atoms with van der Waals surface area (Å²) < 4.78 is 5.43. The summed E-state index contributed by atoms with van der Waals surface area (Å²) in [6.07, 6.45) is 0.849. The Morgan fingerprint density at radius 2 is 2.11 bits per heavy atom. The number of carbonyl (C=O) groups is 1. The van der Waals surface area contributed by atoms with E-state index in [0.717, 1.165) is 29.1 Å². The number of furan rings is 1. The average Bonchev–Trinajstić information content (AvgIpc) is 2.91. The quantitative estimate of drug-likeness (QED) is 0.798. The maximum absolute atomic E-state index is 12.6. The molecule has 19 heavy (non-hydrogen) atoms. The summed E-state index contributed by atoms with van der Waals surface area (Å²) in [6.45, 7) is 4.36. The van der Waals surface area contributed by atoms with Crippen molar-refractivity contribution >= 4 is 17.3 Å². The molecule has 0 radical (unpaired) electrons. The summed E-state index contributed by atoms with van der Waals surface area (Å²) in [7, 11) is 0. The van der Waals surface area contributed by atoms with Crippen LogP contribution in [0.25, 0.3) is 0 Å². The van der Waals surface area contributed by atoms with Gasteiger partial charge in [0.05, 0.1) is 5.56 Å². The number of nitrogens with two attached hydrogens (primary N) is 1. The van der Waals surface area contributed by atoms with Crippen LogP contribution in [0.1, 0.15) is 27.4 Å². The topological polar surface area (TPSA) is 59.5 Å². The number of amides is 1. The van der Waals surface area contributed by atoms with Gasteiger partial charge >= 0.3 is 0 Å². The molecule has 2 aromatic rings. The van der Waals surface area contributed by atoms with E-state index in [1.165, 1.54) is 0 Å². The molecule has 1 amide bonds. The Hall–Kier alpha value is -2.23. The molecule has 4 nitrogen and oxygen atoms in total. The Morgan fingerprint density at radius 3 is 2.79 bits per heavy atom. The van der Waals surface area contributed by atoms with Crippen molar-refractivity contribution in [2.75, 3.05) is 17.2 Å². The minimum Gasteiger partial charge on any atom is -0.466 e. The molecule has 0 atom stereocenters. The number of hydrogen-bond acceptors (Lipinski definition) is 3. The van der Waals surface area contributed by atoms with E-state index in [4.69, 9.17) is 10.2 Å². The lowest BCUT2D eigenvalue weighted by Crippen LogP contribution is -2.29. The SMILES string of the molecule is Cc1cc(C(=O)N2CCc3cc(N)ccc32)c(C)o1. The number of benzene rings is 1. The van der Waals surface area contributed by atoms with Gasteiger partial charge in [-0.25, -0.2) is 0 Å². The number of aryl methyl sites for hydroxylation is 2. The first-order valence-corrected chi connectivity index (χ1v) is 6.33. The molecule has 0 spiro atoms. The Balaban J connectivity index is 1.98. The predicted octanol–water partition coefficient (Wildman–Crippen LogP) is 2.68. The van der Waals surface area contributed by atoms with Gasteiger partial charge in [-0.1, -0.05) is 0 Å². The van der Waals surface area contributed by atoms with Gasteiger partial charge in [-0.2, -0.15) is 0 Å². The second-order valence-electron chi connectivity index (χ2n) is 4.92. The predicted molar refractivity (Wildman–Crippen MR) is 74.4 cm³/mol. The Morgan fingerprint density at radius 1 is 1.32 bits per heavy atom. The van der Waals surface area contributed by atoms with Gasteiger partial charge in [0.1, 0.15) is 11.5 Å². The Labute approximate surface area is 111 Å². The van der Waals surface area contributed by atoms with Gasteiger partial charge in [-0.15, -0.1) is 0 Å². The number of anilines is 2. The van der Waals surface area contributed by atoms with Crippen LogP contribution < -0.4 is 10.6 Å². The van der Waals surface area contributed by atoms with Crippen LogP contribution in [0.4, 0.5) is 11.4 Å². The lowest BCUT2D eigenvalue weighted by Gasteiger charge is -2.16. The van der Waals surface area contributed by atoms with Crippen LogP contribution in [-0.2, 0) is 6.42 Å². The molecular formula is C15H16N2O2.